The summed E-state index contributed by atoms with van der Waals surface area (Å²) in [4.78, 5) is 0. The molecule has 9 heteroatoms. The van der Waals surface area contributed by atoms with Crippen LogP contribution < -0.4 is 4.74 Å². The van der Waals surface area contributed by atoms with Crippen molar-refractivity contribution in [1.82, 2.24) is 0 Å². The molecule has 0 bridgehead atoms. The zero-order valence-corrected chi connectivity index (χ0v) is 20.2. The first-order valence-electron chi connectivity index (χ1n) is 11.9. The molecule has 1 fully saturated rings. The highest BCUT2D eigenvalue weighted by Gasteiger charge is 2.42. The minimum absolute atomic E-state index is 0.00345. The lowest BCUT2D eigenvalue weighted by Crippen LogP contribution is -2.26. The maximum atomic E-state index is 14.8. The first-order valence-corrected chi connectivity index (χ1v) is 11.9. The third-order valence-corrected chi connectivity index (χ3v) is 6.61. The molecule has 0 spiro atoms. The van der Waals surface area contributed by atoms with E-state index in [4.69, 9.17) is 4.74 Å². The fourth-order valence-electron chi connectivity index (χ4n) is 4.57. The second-order valence-electron chi connectivity index (χ2n) is 9.22. The molecule has 0 saturated carbocycles. The number of benzene rings is 3. The molecule has 0 N–H and O–H groups in total. The van der Waals surface area contributed by atoms with Gasteiger partial charge in [-0.05, 0) is 60.9 Å². The van der Waals surface area contributed by atoms with Crippen LogP contribution in [0, 0.1) is 41.9 Å². The maximum Gasteiger partial charge on any atom is 0.432 e. The predicted octanol–water partition coefficient (Wildman–Crippen LogP) is 8.75. The summed E-state index contributed by atoms with van der Waals surface area (Å²) in [5.74, 6) is -9.21. The summed E-state index contributed by atoms with van der Waals surface area (Å²) in [6.07, 6.45) is -0.617. The molecule has 1 aliphatic heterocycles. The number of rotatable bonds is 7. The van der Waals surface area contributed by atoms with Gasteiger partial charge in [0.2, 0.25) is 0 Å². The van der Waals surface area contributed by atoms with E-state index in [1.54, 1.807) is 24.3 Å². The molecule has 0 aromatic heterocycles. The molecular weight excluding hydrogens is 501 g/mol. The predicted molar refractivity (Wildman–Crippen MR) is 124 cm³/mol. The van der Waals surface area contributed by atoms with Crippen LogP contribution in [0.25, 0.3) is 11.1 Å². The van der Waals surface area contributed by atoms with Crippen molar-refractivity contribution in [3.8, 4) is 16.9 Å². The van der Waals surface area contributed by atoms with Gasteiger partial charge in [-0.1, -0.05) is 37.6 Å². The molecule has 3 aromatic rings. The van der Waals surface area contributed by atoms with E-state index in [2.05, 4.69) is 11.7 Å². The van der Waals surface area contributed by atoms with Crippen molar-refractivity contribution >= 4 is 0 Å². The van der Waals surface area contributed by atoms with Gasteiger partial charge in [-0.25, -0.2) is 22.0 Å². The second kappa shape index (κ2) is 10.7. The molecule has 2 nitrogen and oxygen atoms in total. The summed E-state index contributed by atoms with van der Waals surface area (Å²) >= 11 is 0. The van der Waals surface area contributed by atoms with Gasteiger partial charge in [0, 0.05) is 11.6 Å². The fourth-order valence-corrected chi connectivity index (χ4v) is 4.57. The largest absolute Gasteiger partial charge is 0.432 e. The fraction of sp³-hybridized carbons (Fsp3) is 0.357. The number of alkyl halides is 2. The van der Waals surface area contributed by atoms with Gasteiger partial charge in [0.15, 0.2) is 17.5 Å². The Morgan fingerprint density at radius 1 is 0.865 bits per heavy atom. The summed E-state index contributed by atoms with van der Waals surface area (Å²) < 4.78 is 110. The topological polar surface area (TPSA) is 18.5 Å². The zero-order valence-electron chi connectivity index (χ0n) is 20.2. The van der Waals surface area contributed by atoms with Crippen LogP contribution in [-0.4, -0.2) is 6.61 Å². The van der Waals surface area contributed by atoms with Crippen LogP contribution in [0.4, 0.5) is 30.7 Å². The van der Waals surface area contributed by atoms with Gasteiger partial charge in [-0.3, -0.25) is 0 Å². The first-order chi connectivity index (χ1) is 17.5. The Hall–Kier alpha value is -3.07. The van der Waals surface area contributed by atoms with E-state index in [0.29, 0.717) is 18.1 Å². The Morgan fingerprint density at radius 2 is 1.51 bits per heavy atom. The van der Waals surface area contributed by atoms with Crippen LogP contribution in [0.3, 0.4) is 0 Å². The van der Waals surface area contributed by atoms with Crippen LogP contribution in [0.5, 0.6) is 5.75 Å². The summed E-state index contributed by atoms with van der Waals surface area (Å²) in [5, 5.41) is 0. The molecule has 0 amide bonds. The van der Waals surface area contributed by atoms with Crippen molar-refractivity contribution in [2.45, 2.75) is 51.7 Å². The van der Waals surface area contributed by atoms with Gasteiger partial charge >= 0.3 is 6.11 Å². The van der Waals surface area contributed by atoms with Crippen LogP contribution >= 0.6 is 0 Å². The van der Waals surface area contributed by atoms with Crippen molar-refractivity contribution in [2.75, 3.05) is 6.61 Å². The highest BCUT2D eigenvalue weighted by molar-refractivity contribution is 5.64. The lowest BCUT2D eigenvalue weighted by molar-refractivity contribution is -0.190. The van der Waals surface area contributed by atoms with Crippen molar-refractivity contribution in [3.05, 3.63) is 88.2 Å². The summed E-state index contributed by atoms with van der Waals surface area (Å²) in [7, 11) is 0. The Morgan fingerprint density at radius 3 is 2.08 bits per heavy atom. The van der Waals surface area contributed by atoms with Gasteiger partial charge in [0.1, 0.15) is 22.9 Å². The van der Waals surface area contributed by atoms with Gasteiger partial charge in [-0.15, -0.1) is 0 Å². The lowest BCUT2D eigenvalue weighted by atomic mass is 9.91. The monoisotopic (exact) mass is 526 g/mol. The molecular formula is C28H25F7O2. The highest BCUT2D eigenvalue weighted by atomic mass is 19.3. The quantitative estimate of drug-likeness (QED) is 0.226. The van der Waals surface area contributed by atoms with Gasteiger partial charge < -0.3 is 9.47 Å². The van der Waals surface area contributed by atoms with Crippen molar-refractivity contribution in [3.63, 3.8) is 0 Å². The van der Waals surface area contributed by atoms with Crippen LogP contribution in [0.15, 0.2) is 42.5 Å². The molecule has 3 aromatic carbocycles. The average molecular weight is 526 g/mol. The lowest BCUT2D eigenvalue weighted by Gasteiger charge is -2.29. The molecule has 37 heavy (non-hydrogen) atoms. The van der Waals surface area contributed by atoms with Gasteiger partial charge in [0.25, 0.3) is 0 Å². The molecule has 2 unspecified atom stereocenters. The van der Waals surface area contributed by atoms with E-state index in [-0.39, 0.29) is 17.7 Å². The standard InChI is InChI=1S/C28H25F7O2/c1-3-4-16-5-10-23(36-14-16)18-8-6-17(7-9-18)19-11-20(29)25(21(30)12-19)28(34,35)37-24-13-22(31)27(33)26(32)15(24)2/h6-9,11-13,16,23H,3-5,10,14H2,1-2H3. The van der Waals surface area contributed by atoms with E-state index in [0.717, 1.165) is 50.3 Å². The number of halogens is 7. The Labute approximate surface area is 210 Å². The number of hydrogen-bond acceptors (Lipinski definition) is 2. The summed E-state index contributed by atoms with van der Waals surface area (Å²) in [6, 6.07) is 8.39. The molecule has 2 atom stereocenters. The molecule has 198 valence electrons. The highest BCUT2D eigenvalue weighted by Crippen LogP contribution is 2.39. The summed E-state index contributed by atoms with van der Waals surface area (Å²) in [6.45, 7) is 3.67. The number of ether oxygens (including phenoxy) is 2. The average Bonchev–Trinajstić information content (AvgIpc) is 2.86. The Balaban J connectivity index is 1.55. The van der Waals surface area contributed by atoms with Crippen LogP contribution in [0.2, 0.25) is 0 Å². The van der Waals surface area contributed by atoms with Crippen LogP contribution in [0.1, 0.15) is 55.4 Å². The SMILES string of the molecule is CCCC1CCC(c2ccc(-c3cc(F)c(C(F)(F)Oc4cc(F)c(F)c(F)c4C)c(F)c3)cc2)OC1. The summed E-state index contributed by atoms with van der Waals surface area (Å²) in [5.41, 5.74) is -1.22. The third-order valence-electron chi connectivity index (χ3n) is 6.61. The number of hydrogen-bond donors (Lipinski definition) is 0. The van der Waals surface area contributed by atoms with Gasteiger partial charge in [-0.2, -0.15) is 8.78 Å². The van der Waals surface area contributed by atoms with Crippen molar-refractivity contribution in [2.24, 2.45) is 5.92 Å². The van der Waals surface area contributed by atoms with E-state index in [1.165, 1.54) is 0 Å². The second-order valence-corrected chi connectivity index (χ2v) is 9.22. The first kappa shape index (κ1) is 27.0. The van der Waals surface area contributed by atoms with Crippen molar-refractivity contribution < 1.29 is 40.2 Å². The van der Waals surface area contributed by atoms with E-state index < -0.39 is 52.1 Å². The maximum absolute atomic E-state index is 14.8. The Kier molecular flexibility index (Phi) is 7.83. The van der Waals surface area contributed by atoms with Crippen LogP contribution in [-0.2, 0) is 10.8 Å². The normalized spacial score (nSPS) is 18.2. The zero-order chi connectivity index (χ0) is 26.9. The molecule has 1 saturated heterocycles. The third kappa shape index (κ3) is 5.61. The molecule has 0 radical (unpaired) electrons. The van der Waals surface area contributed by atoms with E-state index in [9.17, 15) is 30.7 Å². The van der Waals surface area contributed by atoms with Gasteiger partial charge in [0.05, 0.1) is 12.7 Å². The van der Waals surface area contributed by atoms with E-state index >= 15 is 0 Å². The smallest absolute Gasteiger partial charge is 0.428 e. The van der Waals surface area contributed by atoms with Crippen molar-refractivity contribution in [1.29, 1.82) is 0 Å². The molecule has 1 heterocycles. The van der Waals surface area contributed by atoms with E-state index in [1.807, 2.05) is 0 Å². The molecule has 0 aliphatic carbocycles. The minimum Gasteiger partial charge on any atom is -0.428 e. The minimum atomic E-state index is -4.65. The Bertz CT molecular complexity index is 1240. The molecule has 1 aliphatic rings. The molecule has 4 rings (SSSR count).